The number of nitrogens with zero attached hydrogens (tertiary/aromatic N) is 2. The maximum atomic E-state index is 8.56. The predicted octanol–water partition coefficient (Wildman–Crippen LogP) is 2.09. The molecule has 2 unspecified atom stereocenters. The molecule has 0 saturated carbocycles. The SMILES string of the molecule is CCC(C#N)C(C#N)CC. The van der Waals surface area contributed by atoms with Gasteiger partial charge in [-0.1, -0.05) is 13.8 Å². The molecule has 2 heteroatoms. The smallest absolute Gasteiger partial charge is 0.0669 e. The van der Waals surface area contributed by atoms with Gasteiger partial charge < -0.3 is 0 Å². The lowest BCUT2D eigenvalue weighted by atomic mass is 9.91. The van der Waals surface area contributed by atoms with E-state index in [1.807, 2.05) is 13.8 Å². The molecule has 0 radical (unpaired) electrons. The summed E-state index contributed by atoms with van der Waals surface area (Å²) in [5.41, 5.74) is 0. The first-order valence-corrected chi connectivity index (χ1v) is 3.59. The van der Waals surface area contributed by atoms with Gasteiger partial charge in [0.15, 0.2) is 0 Å². The van der Waals surface area contributed by atoms with Crippen LogP contribution in [0.25, 0.3) is 0 Å². The monoisotopic (exact) mass is 136 g/mol. The summed E-state index contributed by atoms with van der Waals surface area (Å²) in [5.74, 6) is -0.148. The molecule has 0 aromatic rings. The number of hydrogen-bond acceptors (Lipinski definition) is 2. The third kappa shape index (κ3) is 2.07. The van der Waals surface area contributed by atoms with E-state index in [0.29, 0.717) is 0 Å². The lowest BCUT2D eigenvalue weighted by Gasteiger charge is -2.09. The molecule has 10 heavy (non-hydrogen) atoms. The van der Waals surface area contributed by atoms with Crippen LogP contribution in [0.15, 0.2) is 0 Å². The molecule has 0 aromatic carbocycles. The van der Waals surface area contributed by atoms with Crippen molar-refractivity contribution in [2.45, 2.75) is 26.7 Å². The van der Waals surface area contributed by atoms with Gasteiger partial charge in [-0.05, 0) is 12.8 Å². The summed E-state index contributed by atoms with van der Waals surface area (Å²) in [6.07, 6.45) is 1.56. The molecule has 0 aliphatic heterocycles. The van der Waals surface area contributed by atoms with Crippen molar-refractivity contribution in [1.82, 2.24) is 0 Å². The van der Waals surface area contributed by atoms with Crippen LogP contribution in [-0.4, -0.2) is 0 Å². The highest BCUT2D eigenvalue weighted by atomic mass is 14.3. The molecule has 0 spiro atoms. The summed E-state index contributed by atoms with van der Waals surface area (Å²) in [6.45, 7) is 3.88. The zero-order valence-corrected chi connectivity index (χ0v) is 6.46. The standard InChI is InChI=1S/C8H12N2/c1-3-7(5-9)8(4-2)6-10/h7-8H,3-4H2,1-2H3. The Morgan fingerprint density at radius 2 is 1.30 bits per heavy atom. The van der Waals surface area contributed by atoms with Crippen molar-refractivity contribution in [3.8, 4) is 12.1 Å². The molecule has 54 valence electrons. The Bertz CT molecular complexity index is 141. The summed E-state index contributed by atoms with van der Waals surface area (Å²) in [4.78, 5) is 0. The summed E-state index contributed by atoms with van der Waals surface area (Å²) >= 11 is 0. The Hall–Kier alpha value is -1.02. The highest BCUT2D eigenvalue weighted by Crippen LogP contribution is 2.16. The third-order valence-corrected chi connectivity index (χ3v) is 1.70. The van der Waals surface area contributed by atoms with E-state index in [4.69, 9.17) is 10.5 Å². The second-order valence-corrected chi connectivity index (χ2v) is 2.29. The molecule has 0 rings (SSSR count). The van der Waals surface area contributed by atoms with E-state index in [0.717, 1.165) is 12.8 Å². The lowest BCUT2D eigenvalue weighted by molar-refractivity contribution is 0.469. The van der Waals surface area contributed by atoms with E-state index in [2.05, 4.69) is 12.1 Å². The van der Waals surface area contributed by atoms with Crippen molar-refractivity contribution in [1.29, 1.82) is 10.5 Å². The van der Waals surface area contributed by atoms with Crippen LogP contribution >= 0.6 is 0 Å². The second-order valence-electron chi connectivity index (χ2n) is 2.29. The van der Waals surface area contributed by atoms with Crippen LogP contribution in [0.2, 0.25) is 0 Å². The highest BCUT2D eigenvalue weighted by Gasteiger charge is 2.16. The van der Waals surface area contributed by atoms with Gasteiger partial charge in [0.05, 0.1) is 24.0 Å². The van der Waals surface area contributed by atoms with E-state index in [-0.39, 0.29) is 11.8 Å². The van der Waals surface area contributed by atoms with Gasteiger partial charge in [0.1, 0.15) is 0 Å². The minimum Gasteiger partial charge on any atom is -0.198 e. The minimum atomic E-state index is -0.0741. The Labute approximate surface area is 62.1 Å². The zero-order chi connectivity index (χ0) is 7.98. The van der Waals surface area contributed by atoms with Gasteiger partial charge in [-0.25, -0.2) is 0 Å². The van der Waals surface area contributed by atoms with Crippen molar-refractivity contribution in [2.24, 2.45) is 11.8 Å². The van der Waals surface area contributed by atoms with E-state index >= 15 is 0 Å². The van der Waals surface area contributed by atoms with Gasteiger partial charge in [0, 0.05) is 0 Å². The fraction of sp³-hybridized carbons (Fsp3) is 0.750. The molecule has 0 saturated heterocycles. The molecule has 2 atom stereocenters. The number of nitriles is 2. The van der Waals surface area contributed by atoms with Crippen molar-refractivity contribution in [3.05, 3.63) is 0 Å². The average Bonchev–Trinajstić information content (AvgIpc) is 2.00. The first kappa shape index (κ1) is 8.98. The quantitative estimate of drug-likeness (QED) is 0.596. The number of hydrogen-bond donors (Lipinski definition) is 0. The fourth-order valence-electron chi connectivity index (χ4n) is 0.932. The van der Waals surface area contributed by atoms with E-state index in [1.165, 1.54) is 0 Å². The molecule has 2 nitrogen and oxygen atoms in total. The molecular weight excluding hydrogens is 124 g/mol. The van der Waals surface area contributed by atoms with E-state index in [9.17, 15) is 0 Å². The first-order chi connectivity index (χ1) is 4.79. The second kappa shape index (κ2) is 4.82. The van der Waals surface area contributed by atoms with Gasteiger partial charge in [-0.2, -0.15) is 10.5 Å². The molecule has 0 fully saturated rings. The summed E-state index contributed by atoms with van der Waals surface area (Å²) in [6, 6.07) is 4.26. The molecule has 0 aliphatic rings. The van der Waals surface area contributed by atoms with Gasteiger partial charge in [0.2, 0.25) is 0 Å². The minimum absolute atomic E-state index is 0.0741. The van der Waals surface area contributed by atoms with Crippen LogP contribution in [0.1, 0.15) is 26.7 Å². The molecular formula is C8H12N2. The van der Waals surface area contributed by atoms with Gasteiger partial charge in [0.25, 0.3) is 0 Å². The normalized spacial score (nSPS) is 14.8. The molecule has 0 heterocycles. The van der Waals surface area contributed by atoms with Crippen LogP contribution in [-0.2, 0) is 0 Å². The van der Waals surface area contributed by atoms with Crippen molar-refractivity contribution in [3.63, 3.8) is 0 Å². The predicted molar refractivity (Wildman–Crippen MR) is 38.8 cm³/mol. The summed E-state index contributed by atoms with van der Waals surface area (Å²) in [5, 5.41) is 17.1. The van der Waals surface area contributed by atoms with Gasteiger partial charge in [-0.3, -0.25) is 0 Å². The molecule has 0 amide bonds. The molecule has 0 aromatic heterocycles. The van der Waals surface area contributed by atoms with Crippen molar-refractivity contribution < 1.29 is 0 Å². The lowest BCUT2D eigenvalue weighted by Crippen LogP contribution is -2.08. The number of rotatable bonds is 3. The van der Waals surface area contributed by atoms with Crippen LogP contribution in [0, 0.1) is 34.5 Å². The maximum Gasteiger partial charge on any atom is 0.0669 e. The average molecular weight is 136 g/mol. The summed E-state index contributed by atoms with van der Waals surface area (Å²) < 4.78 is 0. The maximum absolute atomic E-state index is 8.56. The first-order valence-electron chi connectivity index (χ1n) is 3.59. The fourth-order valence-corrected chi connectivity index (χ4v) is 0.932. The van der Waals surface area contributed by atoms with Crippen molar-refractivity contribution >= 4 is 0 Å². The third-order valence-electron chi connectivity index (χ3n) is 1.70. The summed E-state index contributed by atoms with van der Waals surface area (Å²) in [7, 11) is 0. The molecule has 0 N–H and O–H groups in total. The van der Waals surface area contributed by atoms with E-state index in [1.54, 1.807) is 0 Å². The van der Waals surface area contributed by atoms with Crippen LogP contribution in [0.5, 0.6) is 0 Å². The Morgan fingerprint density at radius 3 is 1.40 bits per heavy atom. The highest BCUT2D eigenvalue weighted by molar-refractivity contribution is 4.96. The molecule has 0 aliphatic carbocycles. The Morgan fingerprint density at radius 1 is 1.00 bits per heavy atom. The van der Waals surface area contributed by atoms with E-state index < -0.39 is 0 Å². The van der Waals surface area contributed by atoms with Crippen molar-refractivity contribution in [2.75, 3.05) is 0 Å². The largest absolute Gasteiger partial charge is 0.198 e. The van der Waals surface area contributed by atoms with Crippen LogP contribution in [0.3, 0.4) is 0 Å². The van der Waals surface area contributed by atoms with Crippen LogP contribution in [0.4, 0.5) is 0 Å². The zero-order valence-electron chi connectivity index (χ0n) is 6.46. The Kier molecular flexibility index (Phi) is 4.33. The van der Waals surface area contributed by atoms with Gasteiger partial charge in [-0.15, -0.1) is 0 Å². The molecule has 0 bridgehead atoms. The van der Waals surface area contributed by atoms with Crippen LogP contribution < -0.4 is 0 Å². The topological polar surface area (TPSA) is 47.6 Å². The van der Waals surface area contributed by atoms with Gasteiger partial charge >= 0.3 is 0 Å². The Balaban J connectivity index is 4.02.